The fourth-order valence-corrected chi connectivity index (χ4v) is 3.83. The van der Waals surface area contributed by atoms with Crippen LogP contribution in [0.25, 0.3) is 0 Å². The first-order valence-electron chi connectivity index (χ1n) is 6.68. The minimum absolute atomic E-state index is 0.274. The Balaban J connectivity index is 1.62. The lowest BCUT2D eigenvalue weighted by atomic mass is 9.57. The van der Waals surface area contributed by atoms with Gasteiger partial charge in [-0.1, -0.05) is 41.9 Å². The van der Waals surface area contributed by atoms with Crippen LogP contribution in [-0.2, 0) is 11.3 Å². The number of hydrogen-bond acceptors (Lipinski definition) is 2. The maximum atomic E-state index is 5.82. The van der Waals surface area contributed by atoms with Crippen molar-refractivity contribution in [2.45, 2.75) is 39.0 Å². The van der Waals surface area contributed by atoms with Crippen molar-refractivity contribution in [3.05, 3.63) is 34.3 Å². The van der Waals surface area contributed by atoms with E-state index in [2.05, 4.69) is 59.4 Å². The normalized spacial score (nSPS) is 32.9. The van der Waals surface area contributed by atoms with Gasteiger partial charge in [-0.05, 0) is 24.1 Å². The maximum absolute atomic E-state index is 5.82. The first-order valence-corrected chi connectivity index (χ1v) is 7.48. The standard InChI is InChI=1S/C15H20BrNO/c1-15(2)13(12-7-8-18-14(12)15)17-9-10-3-5-11(16)6-4-10/h3-6,12-14,17H,7-9H2,1-2H3. The summed E-state index contributed by atoms with van der Waals surface area (Å²) in [5, 5.41) is 3.72. The lowest BCUT2D eigenvalue weighted by molar-refractivity contribution is -0.113. The zero-order chi connectivity index (χ0) is 12.8. The molecule has 3 heteroatoms. The van der Waals surface area contributed by atoms with E-state index in [1.165, 1.54) is 12.0 Å². The molecule has 1 aliphatic heterocycles. The minimum Gasteiger partial charge on any atom is -0.377 e. The molecule has 1 heterocycles. The topological polar surface area (TPSA) is 21.3 Å². The van der Waals surface area contributed by atoms with Crippen LogP contribution in [0.3, 0.4) is 0 Å². The number of fused-ring (bicyclic) bond motifs is 1. The van der Waals surface area contributed by atoms with Crippen LogP contribution in [0.4, 0.5) is 0 Å². The van der Waals surface area contributed by atoms with E-state index in [0.29, 0.717) is 12.1 Å². The molecule has 98 valence electrons. The van der Waals surface area contributed by atoms with Crippen LogP contribution in [-0.4, -0.2) is 18.8 Å². The Morgan fingerprint density at radius 3 is 2.78 bits per heavy atom. The van der Waals surface area contributed by atoms with Gasteiger partial charge in [0, 0.05) is 35.0 Å². The monoisotopic (exact) mass is 309 g/mol. The van der Waals surface area contributed by atoms with Gasteiger partial charge in [-0.3, -0.25) is 0 Å². The highest BCUT2D eigenvalue weighted by Gasteiger charge is 2.58. The molecule has 0 amide bonds. The SMILES string of the molecule is CC1(C)C(NCc2ccc(Br)cc2)C2CCOC21. The van der Waals surface area contributed by atoms with Gasteiger partial charge >= 0.3 is 0 Å². The number of benzene rings is 1. The third-order valence-electron chi connectivity index (χ3n) is 4.54. The summed E-state index contributed by atoms with van der Waals surface area (Å²) in [6.07, 6.45) is 1.69. The molecule has 1 aromatic carbocycles. The van der Waals surface area contributed by atoms with E-state index >= 15 is 0 Å². The Morgan fingerprint density at radius 1 is 1.33 bits per heavy atom. The van der Waals surface area contributed by atoms with Gasteiger partial charge in [0.1, 0.15) is 0 Å². The predicted molar refractivity (Wildman–Crippen MR) is 76.4 cm³/mol. The first-order chi connectivity index (χ1) is 8.59. The van der Waals surface area contributed by atoms with Gasteiger partial charge < -0.3 is 10.1 Å². The van der Waals surface area contributed by atoms with Crippen molar-refractivity contribution in [2.75, 3.05) is 6.61 Å². The molecule has 1 aromatic rings. The average Bonchev–Trinajstić information content (AvgIpc) is 2.78. The molecule has 2 nitrogen and oxygen atoms in total. The quantitative estimate of drug-likeness (QED) is 0.924. The summed E-state index contributed by atoms with van der Waals surface area (Å²) in [6, 6.07) is 9.14. The highest BCUT2D eigenvalue weighted by Crippen LogP contribution is 2.52. The van der Waals surface area contributed by atoms with Gasteiger partial charge in [0.15, 0.2) is 0 Å². The average molecular weight is 310 g/mol. The van der Waals surface area contributed by atoms with Gasteiger partial charge in [-0.25, -0.2) is 0 Å². The van der Waals surface area contributed by atoms with Crippen molar-refractivity contribution in [1.82, 2.24) is 5.32 Å². The van der Waals surface area contributed by atoms with Gasteiger partial charge in [-0.2, -0.15) is 0 Å². The number of halogens is 1. The Hall–Kier alpha value is -0.380. The zero-order valence-corrected chi connectivity index (χ0v) is 12.5. The molecule has 1 saturated heterocycles. The van der Waals surface area contributed by atoms with Gasteiger partial charge in [0.25, 0.3) is 0 Å². The maximum Gasteiger partial charge on any atom is 0.0685 e. The van der Waals surface area contributed by atoms with E-state index in [1.807, 2.05) is 0 Å². The smallest absolute Gasteiger partial charge is 0.0685 e. The number of hydrogen-bond donors (Lipinski definition) is 1. The second-order valence-corrected chi connectivity index (χ2v) is 6.97. The summed E-state index contributed by atoms with van der Waals surface area (Å²) in [6.45, 7) is 6.53. The molecule has 3 atom stereocenters. The van der Waals surface area contributed by atoms with E-state index in [-0.39, 0.29) is 5.41 Å². The molecule has 0 aromatic heterocycles. The van der Waals surface area contributed by atoms with Gasteiger partial charge in [0.2, 0.25) is 0 Å². The Bertz CT molecular complexity index is 429. The van der Waals surface area contributed by atoms with Crippen LogP contribution in [0.2, 0.25) is 0 Å². The Kier molecular flexibility index (Phi) is 3.25. The van der Waals surface area contributed by atoms with Crippen LogP contribution >= 0.6 is 15.9 Å². The molecule has 18 heavy (non-hydrogen) atoms. The third-order valence-corrected chi connectivity index (χ3v) is 5.07. The number of ether oxygens (including phenoxy) is 1. The van der Waals surface area contributed by atoms with E-state index in [0.717, 1.165) is 23.5 Å². The first kappa shape index (κ1) is 12.6. The van der Waals surface area contributed by atoms with Crippen molar-refractivity contribution >= 4 is 15.9 Å². The van der Waals surface area contributed by atoms with Crippen molar-refractivity contribution in [3.8, 4) is 0 Å². The van der Waals surface area contributed by atoms with E-state index < -0.39 is 0 Å². The van der Waals surface area contributed by atoms with Crippen molar-refractivity contribution < 1.29 is 4.74 Å². The van der Waals surface area contributed by atoms with Crippen molar-refractivity contribution in [2.24, 2.45) is 11.3 Å². The van der Waals surface area contributed by atoms with Crippen LogP contribution in [0.15, 0.2) is 28.7 Å². The zero-order valence-electron chi connectivity index (χ0n) is 10.9. The molecular formula is C15H20BrNO. The van der Waals surface area contributed by atoms with Gasteiger partial charge in [0.05, 0.1) is 6.10 Å². The van der Waals surface area contributed by atoms with Crippen LogP contribution in [0.5, 0.6) is 0 Å². The Morgan fingerprint density at radius 2 is 2.06 bits per heavy atom. The Labute approximate surface area is 117 Å². The number of nitrogens with one attached hydrogen (secondary N) is 1. The summed E-state index contributed by atoms with van der Waals surface area (Å²) in [5.41, 5.74) is 1.62. The molecular weight excluding hydrogens is 290 g/mol. The highest BCUT2D eigenvalue weighted by molar-refractivity contribution is 9.10. The predicted octanol–water partition coefficient (Wildman–Crippen LogP) is 3.35. The second kappa shape index (κ2) is 4.62. The van der Waals surface area contributed by atoms with Crippen molar-refractivity contribution in [3.63, 3.8) is 0 Å². The lowest BCUT2D eigenvalue weighted by Crippen LogP contribution is -2.65. The van der Waals surface area contributed by atoms with Crippen LogP contribution < -0.4 is 5.32 Å². The van der Waals surface area contributed by atoms with E-state index in [1.54, 1.807) is 0 Å². The van der Waals surface area contributed by atoms with Gasteiger partial charge in [-0.15, -0.1) is 0 Å². The van der Waals surface area contributed by atoms with Crippen molar-refractivity contribution in [1.29, 1.82) is 0 Å². The summed E-state index contributed by atoms with van der Waals surface area (Å²) in [5.74, 6) is 0.718. The largest absolute Gasteiger partial charge is 0.377 e. The summed E-state index contributed by atoms with van der Waals surface area (Å²) in [4.78, 5) is 0. The fraction of sp³-hybridized carbons (Fsp3) is 0.600. The van der Waals surface area contributed by atoms with E-state index in [9.17, 15) is 0 Å². The molecule has 0 bridgehead atoms. The molecule has 1 N–H and O–H groups in total. The van der Waals surface area contributed by atoms with E-state index in [4.69, 9.17) is 4.74 Å². The molecule has 2 fully saturated rings. The van der Waals surface area contributed by atoms with Crippen LogP contribution in [0, 0.1) is 11.3 Å². The summed E-state index contributed by atoms with van der Waals surface area (Å²) < 4.78 is 6.96. The third kappa shape index (κ3) is 2.02. The number of rotatable bonds is 3. The molecule has 1 saturated carbocycles. The molecule has 1 aliphatic carbocycles. The van der Waals surface area contributed by atoms with Crippen LogP contribution in [0.1, 0.15) is 25.8 Å². The summed E-state index contributed by atoms with van der Waals surface area (Å²) >= 11 is 3.47. The highest BCUT2D eigenvalue weighted by atomic mass is 79.9. The second-order valence-electron chi connectivity index (χ2n) is 6.05. The summed E-state index contributed by atoms with van der Waals surface area (Å²) in [7, 11) is 0. The molecule has 0 radical (unpaired) electrons. The fourth-order valence-electron chi connectivity index (χ4n) is 3.57. The minimum atomic E-state index is 0.274. The molecule has 3 unspecified atom stereocenters. The molecule has 3 rings (SSSR count). The lowest BCUT2D eigenvalue weighted by Gasteiger charge is -2.55. The molecule has 0 spiro atoms. The molecule has 2 aliphatic rings.